The minimum atomic E-state index is -0.564. The molecule has 0 amide bonds. The molecule has 4 nitrogen and oxygen atoms in total. The second kappa shape index (κ2) is 35.7. The van der Waals surface area contributed by atoms with Gasteiger partial charge >= 0.3 is 5.97 Å². The zero-order valence-corrected chi connectivity index (χ0v) is 30.7. The fourth-order valence-corrected chi connectivity index (χ4v) is 5.26. The second-order valence-electron chi connectivity index (χ2n) is 13.0. The highest BCUT2D eigenvalue weighted by molar-refractivity contribution is 5.85. The predicted molar refractivity (Wildman–Crippen MR) is 201 cm³/mol. The molecule has 0 saturated carbocycles. The van der Waals surface area contributed by atoms with Crippen LogP contribution in [0.15, 0.2) is 60.8 Å². The van der Waals surface area contributed by atoms with Crippen molar-refractivity contribution < 1.29 is 14.3 Å². The molecule has 0 N–H and O–H groups in total. The minimum absolute atomic E-state index is 0.118. The summed E-state index contributed by atoms with van der Waals surface area (Å²) in [5.41, 5.74) is 0. The molecule has 0 aliphatic rings. The van der Waals surface area contributed by atoms with Crippen LogP contribution in [0.25, 0.3) is 0 Å². The van der Waals surface area contributed by atoms with E-state index in [-0.39, 0.29) is 11.8 Å². The molecule has 0 heterocycles. The number of hydrogen-bond acceptors (Lipinski definition) is 4. The Labute approximate surface area is 285 Å². The van der Waals surface area contributed by atoms with E-state index in [0.717, 1.165) is 83.6 Å². The van der Waals surface area contributed by atoms with Crippen LogP contribution in [0.4, 0.5) is 0 Å². The van der Waals surface area contributed by atoms with Crippen LogP contribution in [-0.4, -0.2) is 43.4 Å². The molecule has 0 fully saturated rings. The van der Waals surface area contributed by atoms with Gasteiger partial charge in [0.25, 0.3) is 0 Å². The van der Waals surface area contributed by atoms with Crippen LogP contribution in [-0.2, 0) is 14.3 Å². The highest BCUT2D eigenvalue weighted by Gasteiger charge is 2.22. The van der Waals surface area contributed by atoms with Crippen LogP contribution in [0.1, 0.15) is 168 Å². The topological polar surface area (TPSA) is 46.6 Å². The molecule has 0 aromatic carbocycles. The summed E-state index contributed by atoms with van der Waals surface area (Å²) in [6, 6.07) is 0. The summed E-state index contributed by atoms with van der Waals surface area (Å²) >= 11 is 0. The molecule has 0 aromatic rings. The zero-order chi connectivity index (χ0) is 33.8. The van der Waals surface area contributed by atoms with Gasteiger partial charge in [-0.1, -0.05) is 126 Å². The fourth-order valence-electron chi connectivity index (χ4n) is 5.26. The standard InChI is InChI=1S/C42H73NO3/c1-5-7-9-11-13-15-17-19-21-23-25-27-29-31-33-36-40(44)41(46-42(45)38-35-39-43(3)4)37-34-32-30-28-26-24-22-20-18-16-14-12-10-8-6-2/h8,10,13-16,19-22,41H,5-7,9,11-12,17-18,23-39H2,1-4H3. The first-order chi connectivity index (χ1) is 22.5. The smallest absolute Gasteiger partial charge is 0.306 e. The van der Waals surface area contributed by atoms with E-state index in [4.69, 9.17) is 4.74 Å². The van der Waals surface area contributed by atoms with Crippen molar-refractivity contribution in [1.29, 1.82) is 0 Å². The summed E-state index contributed by atoms with van der Waals surface area (Å²) in [6.45, 7) is 5.25. The van der Waals surface area contributed by atoms with Crippen molar-refractivity contribution in [2.24, 2.45) is 0 Å². The number of rotatable bonds is 33. The molecule has 0 spiro atoms. The van der Waals surface area contributed by atoms with Crippen molar-refractivity contribution in [2.75, 3.05) is 20.6 Å². The van der Waals surface area contributed by atoms with Gasteiger partial charge in [0, 0.05) is 12.8 Å². The quantitative estimate of drug-likeness (QED) is 0.0407. The maximum atomic E-state index is 13.1. The largest absolute Gasteiger partial charge is 0.454 e. The predicted octanol–water partition coefficient (Wildman–Crippen LogP) is 12.2. The van der Waals surface area contributed by atoms with E-state index in [9.17, 15) is 9.59 Å². The van der Waals surface area contributed by atoms with E-state index in [1.54, 1.807) is 0 Å². The molecular weight excluding hydrogens is 566 g/mol. The lowest BCUT2D eigenvalue weighted by Crippen LogP contribution is -2.27. The van der Waals surface area contributed by atoms with Crippen molar-refractivity contribution in [1.82, 2.24) is 4.90 Å². The summed E-state index contributed by atoms with van der Waals surface area (Å²) in [7, 11) is 4.01. The molecule has 0 aliphatic heterocycles. The van der Waals surface area contributed by atoms with Crippen molar-refractivity contribution >= 4 is 11.8 Å². The maximum absolute atomic E-state index is 13.1. The molecule has 0 bridgehead atoms. The molecule has 1 atom stereocenters. The van der Waals surface area contributed by atoms with Crippen LogP contribution >= 0.6 is 0 Å². The van der Waals surface area contributed by atoms with E-state index in [0.29, 0.717) is 19.3 Å². The van der Waals surface area contributed by atoms with E-state index in [2.05, 4.69) is 79.5 Å². The molecule has 0 aromatic heterocycles. The molecule has 264 valence electrons. The lowest BCUT2D eigenvalue weighted by Gasteiger charge is -2.17. The van der Waals surface area contributed by atoms with Crippen LogP contribution in [0, 0.1) is 0 Å². The number of Topliss-reactive ketones (excluding diaryl/α,β-unsaturated/α-hetero) is 1. The van der Waals surface area contributed by atoms with Crippen molar-refractivity contribution in [3.05, 3.63) is 60.8 Å². The average Bonchev–Trinajstić information content (AvgIpc) is 3.03. The van der Waals surface area contributed by atoms with Gasteiger partial charge in [-0.3, -0.25) is 9.59 Å². The Bertz CT molecular complexity index is 836. The third-order valence-electron chi connectivity index (χ3n) is 8.11. The minimum Gasteiger partial charge on any atom is -0.454 e. The van der Waals surface area contributed by atoms with E-state index < -0.39 is 6.10 Å². The Balaban J connectivity index is 4.21. The summed E-state index contributed by atoms with van der Waals surface area (Å²) in [5, 5.41) is 0. The van der Waals surface area contributed by atoms with Gasteiger partial charge in [0.2, 0.25) is 0 Å². The monoisotopic (exact) mass is 640 g/mol. The van der Waals surface area contributed by atoms with Gasteiger partial charge in [0.05, 0.1) is 0 Å². The Hall–Kier alpha value is -2.20. The number of carbonyl (C=O) groups excluding carboxylic acids is 2. The molecule has 46 heavy (non-hydrogen) atoms. The van der Waals surface area contributed by atoms with Gasteiger partial charge in [0.15, 0.2) is 11.9 Å². The van der Waals surface area contributed by atoms with Gasteiger partial charge in [-0.05, 0) is 111 Å². The first-order valence-electron chi connectivity index (χ1n) is 19.1. The lowest BCUT2D eigenvalue weighted by molar-refractivity contribution is -0.155. The van der Waals surface area contributed by atoms with E-state index >= 15 is 0 Å². The zero-order valence-electron chi connectivity index (χ0n) is 30.7. The fraction of sp³-hybridized carbons (Fsp3) is 0.714. The average molecular weight is 640 g/mol. The van der Waals surface area contributed by atoms with Gasteiger partial charge < -0.3 is 9.64 Å². The number of ether oxygens (including phenoxy) is 1. The highest BCUT2D eigenvalue weighted by atomic mass is 16.5. The summed E-state index contributed by atoms with van der Waals surface area (Å²) in [4.78, 5) is 27.6. The van der Waals surface area contributed by atoms with Gasteiger partial charge in [-0.2, -0.15) is 0 Å². The van der Waals surface area contributed by atoms with Crippen molar-refractivity contribution in [3.63, 3.8) is 0 Å². The Morgan fingerprint density at radius 1 is 0.543 bits per heavy atom. The number of unbranched alkanes of at least 4 members (excludes halogenated alkanes) is 13. The number of allylic oxidation sites excluding steroid dienone is 10. The molecular formula is C42H73NO3. The number of carbonyl (C=O) groups is 2. The van der Waals surface area contributed by atoms with Crippen molar-refractivity contribution in [3.8, 4) is 0 Å². The van der Waals surface area contributed by atoms with Gasteiger partial charge in [-0.25, -0.2) is 0 Å². The lowest BCUT2D eigenvalue weighted by atomic mass is 10.0. The number of nitrogens with zero attached hydrogens (tertiary/aromatic N) is 1. The Kier molecular flexibility index (Phi) is 33.9. The van der Waals surface area contributed by atoms with Crippen LogP contribution in [0.2, 0.25) is 0 Å². The number of ketones is 1. The normalized spacial score (nSPS) is 13.1. The number of esters is 1. The van der Waals surface area contributed by atoms with Crippen LogP contribution < -0.4 is 0 Å². The number of hydrogen-bond donors (Lipinski definition) is 0. The van der Waals surface area contributed by atoms with Crippen molar-refractivity contribution in [2.45, 2.75) is 174 Å². The van der Waals surface area contributed by atoms with Crippen LogP contribution in [0.3, 0.4) is 0 Å². The first-order valence-corrected chi connectivity index (χ1v) is 19.1. The SMILES string of the molecule is CCC=CCC=CCC=CCCCCCCCC(OC(=O)CCCN(C)C)C(=O)CCCCCCCC=CCC=CCCCCC. The summed E-state index contributed by atoms with van der Waals surface area (Å²) < 4.78 is 5.75. The van der Waals surface area contributed by atoms with E-state index in [1.807, 2.05) is 14.1 Å². The van der Waals surface area contributed by atoms with Gasteiger partial charge in [-0.15, -0.1) is 0 Å². The second-order valence-corrected chi connectivity index (χ2v) is 13.0. The third kappa shape index (κ3) is 33.2. The maximum Gasteiger partial charge on any atom is 0.306 e. The molecule has 0 radical (unpaired) electrons. The Morgan fingerprint density at radius 3 is 1.57 bits per heavy atom. The van der Waals surface area contributed by atoms with Gasteiger partial charge in [0.1, 0.15) is 0 Å². The summed E-state index contributed by atoms with van der Waals surface area (Å²) in [5.74, 6) is -0.105. The Morgan fingerprint density at radius 2 is 1.02 bits per heavy atom. The molecule has 0 aliphatic carbocycles. The summed E-state index contributed by atoms with van der Waals surface area (Å²) in [6.07, 6.45) is 47.1. The highest BCUT2D eigenvalue weighted by Crippen LogP contribution is 2.16. The molecule has 1 unspecified atom stereocenters. The van der Waals surface area contributed by atoms with Crippen LogP contribution in [0.5, 0.6) is 0 Å². The first kappa shape index (κ1) is 43.8. The van der Waals surface area contributed by atoms with E-state index in [1.165, 1.54) is 57.8 Å². The molecule has 0 rings (SSSR count). The third-order valence-corrected chi connectivity index (χ3v) is 8.11. The molecule has 4 heteroatoms. The molecule has 0 saturated heterocycles.